The van der Waals surface area contributed by atoms with Gasteiger partial charge in [-0.3, -0.25) is 9.98 Å². The Bertz CT molecular complexity index is 1410. The number of aromatic nitrogens is 3. The molecule has 3 aromatic rings. The van der Waals surface area contributed by atoms with E-state index in [1.54, 1.807) is 19.2 Å². The van der Waals surface area contributed by atoms with Crippen LogP contribution in [0, 0.1) is 13.8 Å². The summed E-state index contributed by atoms with van der Waals surface area (Å²) in [6.07, 6.45) is -1.30. The predicted molar refractivity (Wildman–Crippen MR) is 126 cm³/mol. The fraction of sp³-hybridized carbons (Fsp3) is 0.360. The lowest BCUT2D eigenvalue weighted by atomic mass is 9.97. The molecule has 0 bridgehead atoms. The van der Waals surface area contributed by atoms with Crippen molar-refractivity contribution in [2.45, 2.75) is 39.4 Å². The summed E-state index contributed by atoms with van der Waals surface area (Å²) in [5.41, 5.74) is 2.81. The number of hydrogen-bond acceptors (Lipinski definition) is 4. The Morgan fingerprint density at radius 2 is 2.00 bits per heavy atom. The number of rotatable bonds is 3. The lowest BCUT2D eigenvalue weighted by Crippen LogP contribution is -2.33. The summed E-state index contributed by atoms with van der Waals surface area (Å²) in [7, 11) is 1.86. The summed E-state index contributed by atoms with van der Waals surface area (Å²) in [6, 6.07) is 5.44. The number of hydrogen-bond donors (Lipinski definition) is 1. The van der Waals surface area contributed by atoms with Crippen LogP contribution in [0.25, 0.3) is 16.5 Å². The van der Waals surface area contributed by atoms with E-state index in [-0.39, 0.29) is 12.1 Å². The third-order valence-electron chi connectivity index (χ3n) is 6.49. The van der Waals surface area contributed by atoms with Gasteiger partial charge in [-0.05, 0) is 56.0 Å². The molecule has 2 aromatic heterocycles. The molecule has 0 radical (unpaired) electrons. The van der Waals surface area contributed by atoms with Gasteiger partial charge in [0.25, 0.3) is 0 Å². The van der Waals surface area contributed by atoms with Gasteiger partial charge in [0.1, 0.15) is 5.82 Å². The molecule has 1 aromatic carbocycles. The molecule has 4 rings (SSSR count). The molecule has 35 heavy (non-hydrogen) atoms. The van der Waals surface area contributed by atoms with Crippen LogP contribution >= 0.6 is 0 Å². The number of pyridine rings is 1. The summed E-state index contributed by atoms with van der Waals surface area (Å²) in [6.45, 7) is 5.71. The van der Waals surface area contributed by atoms with Crippen molar-refractivity contribution in [1.82, 2.24) is 19.4 Å². The average Bonchev–Trinajstić information content (AvgIpc) is 2.81. The monoisotopic (exact) mass is 485 g/mol. The minimum Gasteiger partial charge on any atom is -0.465 e. The summed E-state index contributed by atoms with van der Waals surface area (Å²) in [4.78, 5) is 26.5. The number of nitrogens with zero attached hydrogens (tertiary/aromatic N) is 5. The summed E-state index contributed by atoms with van der Waals surface area (Å²) in [5.74, 6) is 0.688. The number of carbonyl (C=O) groups is 1. The second-order valence-corrected chi connectivity index (χ2v) is 8.66. The summed E-state index contributed by atoms with van der Waals surface area (Å²) >= 11 is 0. The molecule has 10 heteroatoms. The molecule has 1 atom stereocenters. The van der Waals surface area contributed by atoms with Gasteiger partial charge in [-0.15, -0.1) is 0 Å². The zero-order valence-electron chi connectivity index (χ0n) is 19.9. The van der Waals surface area contributed by atoms with Crippen molar-refractivity contribution in [3.05, 3.63) is 70.2 Å². The van der Waals surface area contributed by atoms with E-state index in [9.17, 15) is 23.1 Å². The Morgan fingerprint density at radius 3 is 2.63 bits per heavy atom. The molecule has 0 saturated heterocycles. The number of benzene rings is 1. The van der Waals surface area contributed by atoms with Crippen molar-refractivity contribution in [2.24, 2.45) is 12.0 Å². The van der Waals surface area contributed by atoms with Gasteiger partial charge in [0, 0.05) is 25.5 Å². The van der Waals surface area contributed by atoms with Crippen molar-refractivity contribution >= 4 is 22.6 Å². The van der Waals surface area contributed by atoms with Gasteiger partial charge in [-0.2, -0.15) is 13.2 Å². The number of halogens is 3. The minimum absolute atomic E-state index is 0.150. The Balaban J connectivity index is 1.83. The Hall–Kier alpha value is -3.69. The van der Waals surface area contributed by atoms with Crippen molar-refractivity contribution in [3.63, 3.8) is 0 Å². The largest absolute Gasteiger partial charge is 0.465 e. The first-order chi connectivity index (χ1) is 16.5. The minimum atomic E-state index is -4.44. The maximum Gasteiger partial charge on any atom is 0.416 e. The Kier molecular flexibility index (Phi) is 6.40. The Morgan fingerprint density at radius 1 is 1.26 bits per heavy atom. The van der Waals surface area contributed by atoms with Crippen LogP contribution in [0.4, 0.5) is 18.0 Å². The molecule has 0 unspecified atom stereocenters. The van der Waals surface area contributed by atoms with E-state index in [1.807, 2.05) is 30.7 Å². The molecule has 0 spiro atoms. The van der Waals surface area contributed by atoms with Gasteiger partial charge in [-0.25, -0.2) is 9.78 Å². The lowest BCUT2D eigenvalue weighted by Gasteiger charge is -2.23. The molecule has 1 aliphatic heterocycles. The molecular formula is C25H26F3N5O2. The molecular weight excluding hydrogens is 459 g/mol. The molecule has 0 aliphatic carbocycles. The highest BCUT2D eigenvalue weighted by Gasteiger charge is 2.33. The first kappa shape index (κ1) is 24.4. The number of alkyl halides is 3. The van der Waals surface area contributed by atoms with Crippen LogP contribution in [0.15, 0.2) is 41.5 Å². The number of aryl methyl sites for hydroxylation is 2. The van der Waals surface area contributed by atoms with E-state index >= 15 is 0 Å². The highest BCUT2D eigenvalue weighted by molar-refractivity contribution is 5.81. The van der Waals surface area contributed by atoms with E-state index in [0.29, 0.717) is 35.5 Å². The molecule has 3 heterocycles. The average molecular weight is 486 g/mol. The molecule has 1 amide bonds. The zero-order valence-corrected chi connectivity index (χ0v) is 19.9. The maximum atomic E-state index is 13.4. The van der Waals surface area contributed by atoms with Crippen LogP contribution in [-0.2, 0) is 13.2 Å². The van der Waals surface area contributed by atoms with E-state index in [0.717, 1.165) is 22.5 Å². The topological polar surface area (TPSA) is 83.6 Å². The van der Waals surface area contributed by atoms with Gasteiger partial charge in [0.05, 0.1) is 29.0 Å². The van der Waals surface area contributed by atoms with Crippen LogP contribution < -0.4 is 5.49 Å². The summed E-state index contributed by atoms with van der Waals surface area (Å²) < 4.78 is 42.1. The SMILES string of the molecule is Cc1c([C@@H](C)/N=c2\nc(C)n(C)c3cnc(C4=CCN(C(=O)O)CC4)cc23)cccc1C(F)(F)F. The van der Waals surface area contributed by atoms with Gasteiger partial charge in [0.2, 0.25) is 0 Å². The molecule has 184 valence electrons. The Labute approximate surface area is 200 Å². The van der Waals surface area contributed by atoms with Gasteiger partial charge in [-0.1, -0.05) is 18.2 Å². The maximum absolute atomic E-state index is 13.4. The third-order valence-corrected chi connectivity index (χ3v) is 6.49. The fourth-order valence-corrected chi connectivity index (χ4v) is 4.37. The van der Waals surface area contributed by atoms with Gasteiger partial charge < -0.3 is 14.6 Å². The van der Waals surface area contributed by atoms with Crippen molar-refractivity contribution in [3.8, 4) is 0 Å². The summed E-state index contributed by atoms with van der Waals surface area (Å²) in [5, 5.41) is 9.91. The standard InChI is InChI=1S/C25H26F3N5O2/c1-14-18(6-5-7-20(14)25(26,27)28)15(2)30-23-19-12-21(17-8-10-33(11-9-17)24(34)35)29-13-22(19)32(4)16(3)31-23/h5-8,12-13,15H,9-11H2,1-4H3,(H,34,35)/b30-23-/t15-/m1/s1. The second kappa shape index (κ2) is 9.16. The van der Waals surface area contributed by atoms with Crippen LogP contribution in [0.3, 0.4) is 0 Å². The van der Waals surface area contributed by atoms with Gasteiger partial charge >= 0.3 is 12.3 Å². The molecule has 1 aliphatic rings. The third kappa shape index (κ3) is 4.78. The van der Waals surface area contributed by atoms with Crippen molar-refractivity contribution in [1.29, 1.82) is 0 Å². The predicted octanol–water partition coefficient (Wildman–Crippen LogP) is 5.03. The highest BCUT2D eigenvalue weighted by atomic mass is 19.4. The first-order valence-corrected chi connectivity index (χ1v) is 11.2. The second-order valence-electron chi connectivity index (χ2n) is 8.66. The van der Waals surface area contributed by atoms with Crippen molar-refractivity contribution < 1.29 is 23.1 Å². The number of fused-ring (bicyclic) bond motifs is 1. The molecule has 7 nitrogen and oxygen atoms in total. The molecule has 1 N–H and O–H groups in total. The van der Waals surface area contributed by atoms with Crippen LogP contribution in [0.2, 0.25) is 0 Å². The smallest absolute Gasteiger partial charge is 0.416 e. The lowest BCUT2D eigenvalue weighted by molar-refractivity contribution is -0.138. The van der Waals surface area contributed by atoms with E-state index in [2.05, 4.69) is 9.97 Å². The quantitative estimate of drug-likeness (QED) is 0.564. The fourth-order valence-electron chi connectivity index (χ4n) is 4.37. The van der Waals surface area contributed by atoms with Crippen LogP contribution in [0.5, 0.6) is 0 Å². The molecule has 0 fully saturated rings. The van der Waals surface area contributed by atoms with Crippen LogP contribution in [0.1, 0.15) is 47.6 Å². The number of amides is 1. The van der Waals surface area contributed by atoms with E-state index in [4.69, 9.17) is 4.99 Å². The number of carboxylic acid groups (broad SMARTS) is 1. The highest BCUT2D eigenvalue weighted by Crippen LogP contribution is 2.35. The molecule has 0 saturated carbocycles. The normalized spacial score (nSPS) is 15.9. The van der Waals surface area contributed by atoms with E-state index < -0.39 is 23.9 Å². The zero-order chi connectivity index (χ0) is 25.5. The van der Waals surface area contributed by atoms with Crippen LogP contribution in [-0.4, -0.2) is 43.7 Å². The first-order valence-electron chi connectivity index (χ1n) is 11.2. The van der Waals surface area contributed by atoms with Crippen molar-refractivity contribution in [2.75, 3.05) is 13.1 Å². The van der Waals surface area contributed by atoms with Gasteiger partial charge in [0.15, 0.2) is 5.49 Å². The van der Waals surface area contributed by atoms with E-state index in [1.165, 1.54) is 17.9 Å².